The summed E-state index contributed by atoms with van der Waals surface area (Å²) in [5, 5.41) is 0. The normalized spacial score (nSPS) is 20.1. The van der Waals surface area contributed by atoms with Crippen LogP contribution < -0.4 is 0 Å². The second-order valence-corrected chi connectivity index (χ2v) is 6.98. The third-order valence-electron chi connectivity index (χ3n) is 3.52. The van der Waals surface area contributed by atoms with Gasteiger partial charge in [0.1, 0.15) is 0 Å². The van der Waals surface area contributed by atoms with Gasteiger partial charge in [-0.25, -0.2) is 0 Å². The molecule has 0 aromatic rings. The van der Waals surface area contributed by atoms with Gasteiger partial charge in [-0.1, -0.05) is 0 Å². The van der Waals surface area contributed by atoms with E-state index in [1.54, 1.807) is 4.18 Å². The van der Waals surface area contributed by atoms with E-state index in [2.05, 4.69) is 11.8 Å². The number of rotatable bonds is 7. The molecular formula is C12H26InN. The summed E-state index contributed by atoms with van der Waals surface area (Å²) in [5.41, 5.74) is 0. The summed E-state index contributed by atoms with van der Waals surface area (Å²) >= 11 is 0.890. The minimum absolute atomic E-state index is 0.890. The Hall–Kier alpha value is 0.830. The molecule has 0 amide bonds. The summed E-state index contributed by atoms with van der Waals surface area (Å²) in [6, 6.07) is 0.991. The number of unbranched alkanes of at least 4 members (excludes halogenated alkanes) is 3. The summed E-state index contributed by atoms with van der Waals surface area (Å²) < 4.78 is 1.56. The average molecular weight is 299 g/mol. The van der Waals surface area contributed by atoms with Crippen LogP contribution in [0.2, 0.25) is 4.18 Å². The van der Waals surface area contributed by atoms with Crippen LogP contribution in [0, 0.1) is 0 Å². The predicted octanol–water partition coefficient (Wildman–Crippen LogP) is 2.47. The van der Waals surface area contributed by atoms with E-state index in [0.29, 0.717) is 0 Å². The van der Waals surface area contributed by atoms with Crippen LogP contribution in [0.4, 0.5) is 0 Å². The molecule has 0 aliphatic carbocycles. The molecular weight excluding hydrogens is 273 g/mol. The quantitative estimate of drug-likeness (QED) is 0.653. The number of likely N-dealkylation sites (tertiary alicyclic amines) is 1. The zero-order valence-corrected chi connectivity index (χ0v) is 15.8. The number of nitrogens with zero attached hydrogens (tertiary/aromatic N) is 1. The monoisotopic (exact) mass is 299 g/mol. The van der Waals surface area contributed by atoms with Crippen molar-refractivity contribution in [2.45, 2.75) is 62.1 Å². The summed E-state index contributed by atoms with van der Waals surface area (Å²) in [6.45, 7) is 5.10. The first-order chi connectivity index (χ1) is 6.88. The summed E-state index contributed by atoms with van der Waals surface area (Å²) in [5.74, 6) is 0. The third-order valence-corrected chi connectivity index (χ3v) is 6.21. The molecule has 1 saturated heterocycles. The molecule has 1 fully saturated rings. The van der Waals surface area contributed by atoms with Crippen LogP contribution in [-0.2, 0) is 0 Å². The molecule has 0 N–H and O–H groups in total. The number of hydrogen-bond donors (Lipinski definition) is 0. The Labute approximate surface area is 104 Å². The van der Waals surface area contributed by atoms with E-state index in [1.807, 2.05) is 0 Å². The van der Waals surface area contributed by atoms with Gasteiger partial charge in [0.05, 0.1) is 0 Å². The maximum atomic E-state index is 2.77. The molecule has 1 unspecified atom stereocenters. The molecule has 1 atom stereocenters. The van der Waals surface area contributed by atoms with Gasteiger partial charge in [-0.05, 0) is 0 Å². The molecule has 0 aromatic carbocycles. The van der Waals surface area contributed by atoms with Crippen LogP contribution in [0.5, 0.6) is 0 Å². The summed E-state index contributed by atoms with van der Waals surface area (Å²) in [7, 11) is 0. The van der Waals surface area contributed by atoms with Crippen molar-refractivity contribution in [3.05, 3.63) is 0 Å². The zero-order valence-electron chi connectivity index (χ0n) is 10.1. The fraction of sp³-hybridized carbons (Fsp3) is 1.00. The van der Waals surface area contributed by atoms with Crippen molar-refractivity contribution in [1.82, 2.24) is 4.90 Å². The molecule has 1 aliphatic heterocycles. The van der Waals surface area contributed by atoms with Gasteiger partial charge in [0.15, 0.2) is 0 Å². The Bertz CT molecular complexity index is 132. The van der Waals surface area contributed by atoms with E-state index in [9.17, 15) is 0 Å². The molecule has 0 saturated carbocycles. The van der Waals surface area contributed by atoms with E-state index < -0.39 is 0 Å². The first kappa shape index (κ1) is 12.9. The van der Waals surface area contributed by atoms with Crippen LogP contribution >= 0.6 is 0 Å². The summed E-state index contributed by atoms with van der Waals surface area (Å²) in [4.78, 5) is 2.77. The van der Waals surface area contributed by atoms with Crippen molar-refractivity contribution < 1.29 is 0 Å². The van der Waals surface area contributed by atoms with Gasteiger partial charge in [0.25, 0.3) is 0 Å². The van der Waals surface area contributed by atoms with E-state index in [1.165, 1.54) is 58.0 Å². The van der Waals surface area contributed by atoms with E-state index in [0.717, 1.165) is 30.4 Å². The van der Waals surface area contributed by atoms with Gasteiger partial charge in [-0.15, -0.1) is 0 Å². The van der Waals surface area contributed by atoms with Crippen molar-refractivity contribution in [1.29, 1.82) is 0 Å². The molecule has 1 aliphatic rings. The van der Waals surface area contributed by atoms with Crippen molar-refractivity contribution in [2.75, 3.05) is 13.1 Å². The van der Waals surface area contributed by atoms with E-state index in [4.69, 9.17) is 0 Å². The van der Waals surface area contributed by atoms with Gasteiger partial charge in [0, 0.05) is 0 Å². The number of hydrogen-bond acceptors (Lipinski definition) is 1. The van der Waals surface area contributed by atoms with Crippen molar-refractivity contribution in [3.8, 4) is 0 Å². The van der Waals surface area contributed by atoms with Crippen LogP contribution in [0.25, 0.3) is 0 Å². The Balaban J connectivity index is 2.11. The van der Waals surface area contributed by atoms with Crippen molar-refractivity contribution >= 4 is 24.4 Å². The first-order valence-electron chi connectivity index (χ1n) is 6.62. The Morgan fingerprint density at radius 2 is 1.86 bits per heavy atom. The van der Waals surface area contributed by atoms with E-state index >= 15 is 0 Å². The molecule has 0 radical (unpaired) electrons. The molecule has 2 heteroatoms. The molecule has 0 aromatic heterocycles. The Morgan fingerprint density at radius 3 is 2.43 bits per heavy atom. The van der Waals surface area contributed by atoms with Crippen LogP contribution in [0.15, 0.2) is 0 Å². The molecule has 1 nitrogen and oxygen atoms in total. The third kappa shape index (κ3) is 4.57. The van der Waals surface area contributed by atoms with Crippen molar-refractivity contribution in [2.24, 2.45) is 0 Å². The Kier molecular flexibility index (Phi) is 7.40. The zero-order chi connectivity index (χ0) is 10.2. The first-order valence-corrected chi connectivity index (χ1v) is 10.7. The van der Waals surface area contributed by atoms with Gasteiger partial charge in [-0.3, -0.25) is 0 Å². The average Bonchev–Trinajstić information content (AvgIpc) is 2.71. The molecule has 0 bridgehead atoms. The fourth-order valence-corrected chi connectivity index (χ4v) is 5.20. The molecule has 1 heterocycles. The molecule has 14 heavy (non-hydrogen) atoms. The predicted molar refractivity (Wildman–Crippen MR) is 66.7 cm³/mol. The molecule has 1 rings (SSSR count). The topological polar surface area (TPSA) is 3.24 Å². The summed E-state index contributed by atoms with van der Waals surface area (Å²) in [6.07, 6.45) is 10.2. The Morgan fingerprint density at radius 1 is 1.14 bits per heavy atom. The van der Waals surface area contributed by atoms with Gasteiger partial charge in [-0.2, -0.15) is 0 Å². The van der Waals surface area contributed by atoms with Gasteiger partial charge >= 0.3 is 104 Å². The van der Waals surface area contributed by atoms with Gasteiger partial charge in [0.2, 0.25) is 0 Å². The fourth-order valence-electron chi connectivity index (χ4n) is 2.56. The van der Waals surface area contributed by atoms with Crippen LogP contribution in [0.1, 0.15) is 51.9 Å². The van der Waals surface area contributed by atoms with E-state index in [-0.39, 0.29) is 0 Å². The molecule has 0 spiro atoms. The van der Waals surface area contributed by atoms with Crippen molar-refractivity contribution in [3.63, 3.8) is 0 Å². The SMILES string of the molecule is CCCCCCC([CH2][InH2])N1CCCC1. The maximum absolute atomic E-state index is 2.77. The van der Waals surface area contributed by atoms with Crippen LogP contribution in [0.3, 0.4) is 0 Å². The van der Waals surface area contributed by atoms with Crippen LogP contribution in [-0.4, -0.2) is 48.4 Å². The van der Waals surface area contributed by atoms with Gasteiger partial charge < -0.3 is 0 Å². The minimum atomic E-state index is 0.890. The standard InChI is InChI=1S/C12H24N.In.2H/c1-3-4-5-6-9-12(2)13-10-7-8-11-13;;;/h12H,2-11H2,1H3;;;. The second-order valence-electron chi connectivity index (χ2n) is 4.65. The second kappa shape index (κ2) is 8.04. The molecule has 82 valence electrons.